The van der Waals surface area contributed by atoms with E-state index in [0.717, 1.165) is 0 Å². The fourth-order valence-corrected chi connectivity index (χ4v) is 4.10. The first-order chi connectivity index (χ1) is 14.9. The number of benzene rings is 1. The molecule has 0 aliphatic rings. The van der Waals surface area contributed by atoms with Gasteiger partial charge in [-0.2, -0.15) is 52.9 Å². The highest BCUT2D eigenvalue weighted by Gasteiger charge is 2.86. The first-order valence-electron chi connectivity index (χ1n) is 8.07. The van der Waals surface area contributed by atoms with E-state index in [2.05, 4.69) is 14.2 Å². The maximum absolute atomic E-state index is 13.7. The molecule has 3 aromatic rings. The summed E-state index contributed by atoms with van der Waals surface area (Å²) in [5.74, 6) is -16.1. The maximum Gasteiger partial charge on any atom is 0.460 e. The van der Waals surface area contributed by atoms with Crippen LogP contribution in [-0.4, -0.2) is 41.7 Å². The van der Waals surface area contributed by atoms with Gasteiger partial charge in [0, 0.05) is 10.4 Å². The minimum atomic E-state index is -7.41. The fourth-order valence-electron chi connectivity index (χ4n) is 2.31. The summed E-state index contributed by atoms with van der Waals surface area (Å²) >= 11 is 6.36. The Labute approximate surface area is 186 Å². The molecular formula is C16H6ClF9N2O3S2. The van der Waals surface area contributed by atoms with Crippen LogP contribution in [0.25, 0.3) is 21.6 Å². The molecule has 0 bridgehead atoms. The first kappa shape index (κ1) is 25.3. The van der Waals surface area contributed by atoms with E-state index in [9.17, 15) is 47.9 Å². The van der Waals surface area contributed by atoms with Gasteiger partial charge in [-0.15, -0.1) is 11.3 Å². The number of fused-ring (bicyclic) bond motifs is 1. The lowest BCUT2D eigenvalue weighted by molar-refractivity contribution is -0.382. The third-order valence-electron chi connectivity index (χ3n) is 3.98. The summed E-state index contributed by atoms with van der Waals surface area (Å²) in [6.45, 7) is 0. The monoisotopic (exact) mass is 544 g/mol. The molecule has 0 saturated heterocycles. The molecule has 0 atom stereocenters. The molecular weight excluding hydrogens is 539 g/mol. The predicted molar refractivity (Wildman–Crippen MR) is 98.3 cm³/mol. The molecule has 0 spiro atoms. The molecule has 0 saturated carbocycles. The Hall–Kier alpha value is -2.33. The van der Waals surface area contributed by atoms with Gasteiger partial charge in [0.25, 0.3) is 0 Å². The molecule has 0 N–H and O–H groups in total. The minimum absolute atomic E-state index is 0.0442. The summed E-state index contributed by atoms with van der Waals surface area (Å²) in [5.41, 5.74) is 0.422. The van der Waals surface area contributed by atoms with Gasteiger partial charge < -0.3 is 4.18 Å². The second kappa shape index (κ2) is 7.87. The highest BCUT2D eigenvalue weighted by molar-refractivity contribution is 7.88. The normalized spacial score (nSPS) is 14.0. The number of halogens is 10. The number of pyridine rings is 1. The largest absolute Gasteiger partial charge is 0.460 e. The van der Waals surface area contributed by atoms with Gasteiger partial charge in [-0.1, -0.05) is 17.7 Å². The molecule has 0 aliphatic carbocycles. The second-order valence-corrected chi connectivity index (χ2v) is 9.11. The van der Waals surface area contributed by atoms with Crippen molar-refractivity contribution >= 4 is 44.0 Å². The van der Waals surface area contributed by atoms with E-state index in [1.54, 1.807) is 6.07 Å². The van der Waals surface area contributed by atoms with Crippen LogP contribution < -0.4 is 4.18 Å². The highest BCUT2D eigenvalue weighted by atomic mass is 35.5. The van der Waals surface area contributed by atoms with E-state index in [-0.39, 0.29) is 10.7 Å². The Kier molecular flexibility index (Phi) is 6.03. The first-order valence-corrected chi connectivity index (χ1v) is 10.7. The van der Waals surface area contributed by atoms with E-state index in [0.29, 0.717) is 32.6 Å². The van der Waals surface area contributed by atoms with Crippen LogP contribution in [0.4, 0.5) is 39.5 Å². The molecule has 2 aromatic heterocycles. The molecule has 0 amide bonds. The number of hydrogen-bond donors (Lipinski definition) is 0. The predicted octanol–water partition coefficient (Wildman–Crippen LogP) is 6.15. The van der Waals surface area contributed by atoms with E-state index in [4.69, 9.17) is 11.6 Å². The summed E-state index contributed by atoms with van der Waals surface area (Å²) in [6, 6.07) is 7.40. The van der Waals surface area contributed by atoms with Crippen LogP contribution in [-0.2, 0) is 10.1 Å². The van der Waals surface area contributed by atoms with Crippen molar-refractivity contribution in [3.05, 3.63) is 40.7 Å². The van der Waals surface area contributed by atoms with Gasteiger partial charge in [0.2, 0.25) is 5.88 Å². The smallest absolute Gasteiger partial charge is 0.356 e. The van der Waals surface area contributed by atoms with Crippen molar-refractivity contribution in [2.75, 3.05) is 0 Å². The Morgan fingerprint density at radius 3 is 2.12 bits per heavy atom. The minimum Gasteiger partial charge on any atom is -0.356 e. The van der Waals surface area contributed by atoms with E-state index in [1.165, 1.54) is 24.3 Å². The lowest BCUT2D eigenvalue weighted by Gasteiger charge is -2.32. The summed E-state index contributed by atoms with van der Waals surface area (Å²) in [7, 11) is -7.08. The fraction of sp³-hybridized carbons (Fsp3) is 0.250. The van der Waals surface area contributed by atoms with Gasteiger partial charge in [0.1, 0.15) is 5.01 Å². The van der Waals surface area contributed by atoms with Crippen molar-refractivity contribution in [2.45, 2.75) is 23.3 Å². The van der Waals surface area contributed by atoms with Gasteiger partial charge in [0.15, 0.2) is 0 Å². The quantitative estimate of drug-likeness (QED) is 0.275. The summed E-state index contributed by atoms with van der Waals surface area (Å²) in [4.78, 5) is 7.57. The molecule has 180 valence electrons. The third-order valence-corrected chi connectivity index (χ3v) is 6.33. The Morgan fingerprint density at radius 2 is 1.52 bits per heavy atom. The number of hydrogen-bond acceptors (Lipinski definition) is 6. The average Bonchev–Trinajstić information content (AvgIpc) is 3.14. The zero-order valence-electron chi connectivity index (χ0n) is 15.2. The van der Waals surface area contributed by atoms with Crippen molar-refractivity contribution in [1.82, 2.24) is 9.97 Å². The zero-order chi connectivity index (χ0) is 25.0. The van der Waals surface area contributed by atoms with Crippen LogP contribution in [0, 0.1) is 0 Å². The highest BCUT2D eigenvalue weighted by Crippen LogP contribution is 2.55. The number of thiazole rings is 1. The van der Waals surface area contributed by atoms with Crippen LogP contribution in [0.2, 0.25) is 5.02 Å². The standard InChI is InChI=1S/C16H6ClF9N2O3S2/c17-8-2-4-9-7(5-8)1-3-10(27-9)12-28-11(6-32-12)31-33(29,30)16(25,26)14(20,21)13(18,19)15(22,23)24/h1-6H. The lowest BCUT2D eigenvalue weighted by Crippen LogP contribution is -2.63. The molecule has 0 fully saturated rings. The molecule has 3 rings (SSSR count). The molecule has 5 nitrogen and oxygen atoms in total. The molecule has 0 unspecified atom stereocenters. The second-order valence-electron chi connectivity index (χ2n) is 6.23. The third kappa shape index (κ3) is 4.19. The Morgan fingerprint density at radius 1 is 0.879 bits per heavy atom. The SMILES string of the molecule is O=S(=O)(Oc1csc(-c2ccc3cc(Cl)ccc3n2)n1)C(F)(F)C(F)(F)C(F)(F)C(F)(F)F. The summed E-state index contributed by atoms with van der Waals surface area (Å²) in [6.07, 6.45) is -7.19. The Balaban J connectivity index is 1.92. The number of nitrogens with zero attached hydrogens (tertiary/aromatic N) is 2. The Bertz CT molecular complexity index is 1310. The summed E-state index contributed by atoms with van der Waals surface area (Å²) < 4.78 is 144. The van der Waals surface area contributed by atoms with Gasteiger partial charge in [-0.3, -0.25) is 0 Å². The van der Waals surface area contributed by atoms with Crippen LogP contribution in [0.1, 0.15) is 0 Å². The average molecular weight is 545 g/mol. The van der Waals surface area contributed by atoms with Gasteiger partial charge in [-0.25, -0.2) is 4.98 Å². The maximum atomic E-state index is 13.7. The number of rotatable bonds is 6. The van der Waals surface area contributed by atoms with E-state index in [1.807, 2.05) is 0 Å². The van der Waals surface area contributed by atoms with Crippen molar-refractivity contribution in [3.63, 3.8) is 0 Å². The van der Waals surface area contributed by atoms with E-state index < -0.39 is 39.3 Å². The van der Waals surface area contributed by atoms with Crippen LogP contribution in [0.3, 0.4) is 0 Å². The molecule has 0 radical (unpaired) electrons. The molecule has 2 heterocycles. The molecule has 33 heavy (non-hydrogen) atoms. The van der Waals surface area contributed by atoms with Gasteiger partial charge in [0.05, 0.1) is 16.6 Å². The van der Waals surface area contributed by atoms with Crippen molar-refractivity contribution in [1.29, 1.82) is 0 Å². The van der Waals surface area contributed by atoms with Gasteiger partial charge in [-0.05, 0) is 24.3 Å². The van der Waals surface area contributed by atoms with Crippen molar-refractivity contribution < 1.29 is 52.1 Å². The summed E-state index contributed by atoms with van der Waals surface area (Å²) in [5, 5.41) is -5.57. The van der Waals surface area contributed by atoms with Crippen LogP contribution >= 0.6 is 22.9 Å². The molecule has 0 aliphatic heterocycles. The van der Waals surface area contributed by atoms with Crippen molar-refractivity contribution in [3.8, 4) is 16.6 Å². The zero-order valence-corrected chi connectivity index (χ0v) is 17.6. The molecule has 17 heteroatoms. The van der Waals surface area contributed by atoms with E-state index >= 15 is 0 Å². The van der Waals surface area contributed by atoms with Crippen LogP contribution in [0.15, 0.2) is 35.7 Å². The lowest BCUT2D eigenvalue weighted by atomic mass is 10.1. The number of aromatic nitrogens is 2. The topological polar surface area (TPSA) is 69.2 Å². The number of alkyl halides is 9. The van der Waals surface area contributed by atoms with Gasteiger partial charge >= 0.3 is 33.4 Å². The van der Waals surface area contributed by atoms with Crippen molar-refractivity contribution in [2.24, 2.45) is 0 Å². The van der Waals surface area contributed by atoms with Crippen LogP contribution in [0.5, 0.6) is 5.88 Å². The molecule has 1 aromatic carbocycles.